The van der Waals surface area contributed by atoms with Gasteiger partial charge in [0.15, 0.2) is 0 Å². The molecule has 6 nitrogen and oxygen atoms in total. The number of aryl methyl sites for hydroxylation is 1. The predicted molar refractivity (Wildman–Crippen MR) is 80.9 cm³/mol. The molecule has 2 rings (SSSR count). The number of carbonyl (C=O) groups excluding carboxylic acids is 1. The second-order valence-corrected chi connectivity index (χ2v) is 5.36. The lowest BCUT2D eigenvalue weighted by Crippen LogP contribution is -2.37. The third-order valence-corrected chi connectivity index (χ3v) is 3.73. The molecule has 1 aromatic rings. The van der Waals surface area contributed by atoms with Gasteiger partial charge in [0.05, 0.1) is 19.1 Å². The molecule has 0 radical (unpaired) electrons. The maximum absolute atomic E-state index is 11.7. The Hall–Kier alpha value is -1.69. The van der Waals surface area contributed by atoms with Crippen LogP contribution in [0.5, 0.6) is 0 Å². The summed E-state index contributed by atoms with van der Waals surface area (Å²) < 4.78 is 5.09. The van der Waals surface area contributed by atoms with Crippen LogP contribution < -0.4 is 5.32 Å². The molecule has 0 atom stereocenters. The summed E-state index contributed by atoms with van der Waals surface area (Å²) in [4.78, 5) is 23.0. The Morgan fingerprint density at radius 1 is 1.43 bits per heavy atom. The summed E-state index contributed by atoms with van der Waals surface area (Å²) in [6, 6.07) is 1.93. The third kappa shape index (κ3) is 4.39. The van der Waals surface area contributed by atoms with Gasteiger partial charge in [-0.25, -0.2) is 9.97 Å². The molecule has 116 valence electrons. The highest BCUT2D eigenvalue weighted by Gasteiger charge is 2.26. The number of ether oxygens (including phenoxy) is 1. The van der Waals surface area contributed by atoms with E-state index in [9.17, 15) is 4.79 Å². The molecule has 0 saturated carbocycles. The van der Waals surface area contributed by atoms with Gasteiger partial charge in [-0.2, -0.15) is 0 Å². The van der Waals surface area contributed by atoms with E-state index < -0.39 is 0 Å². The molecule has 0 amide bonds. The Bertz CT molecular complexity index is 485. The number of nitrogens with zero attached hydrogens (tertiary/aromatic N) is 3. The second kappa shape index (κ2) is 7.36. The zero-order valence-electron chi connectivity index (χ0n) is 13.1. The smallest absolute Gasteiger partial charge is 0.309 e. The van der Waals surface area contributed by atoms with E-state index in [1.54, 1.807) is 0 Å². The molecule has 0 spiro atoms. The lowest BCUT2D eigenvalue weighted by atomic mass is 9.97. The first-order chi connectivity index (χ1) is 10.1. The first-order valence-electron chi connectivity index (χ1n) is 7.53. The fourth-order valence-electron chi connectivity index (χ4n) is 2.62. The Kier molecular flexibility index (Phi) is 5.50. The Morgan fingerprint density at radius 3 is 2.76 bits per heavy atom. The van der Waals surface area contributed by atoms with Crippen molar-refractivity contribution in [3.8, 4) is 0 Å². The monoisotopic (exact) mass is 292 g/mol. The van der Waals surface area contributed by atoms with E-state index in [0.29, 0.717) is 6.61 Å². The van der Waals surface area contributed by atoms with Crippen LogP contribution in [0.15, 0.2) is 6.07 Å². The van der Waals surface area contributed by atoms with Crippen LogP contribution >= 0.6 is 0 Å². The van der Waals surface area contributed by atoms with E-state index in [-0.39, 0.29) is 11.9 Å². The first kappa shape index (κ1) is 15.7. The average molecular weight is 292 g/mol. The van der Waals surface area contributed by atoms with E-state index in [4.69, 9.17) is 4.74 Å². The van der Waals surface area contributed by atoms with Crippen molar-refractivity contribution in [3.63, 3.8) is 0 Å². The van der Waals surface area contributed by atoms with Gasteiger partial charge in [-0.1, -0.05) is 0 Å². The van der Waals surface area contributed by atoms with Crippen LogP contribution in [0.25, 0.3) is 0 Å². The highest BCUT2D eigenvalue weighted by Crippen LogP contribution is 2.20. The summed E-state index contributed by atoms with van der Waals surface area (Å²) in [6.45, 7) is 6.78. The van der Waals surface area contributed by atoms with Crippen molar-refractivity contribution in [2.24, 2.45) is 5.92 Å². The van der Waals surface area contributed by atoms with Gasteiger partial charge in [-0.05, 0) is 39.8 Å². The standard InChI is InChI=1S/C15H24N4O2/c1-4-21-15(20)12-5-7-19(8-6-12)10-14-17-11(2)9-13(16-3)18-14/h9,12H,4-8,10H2,1-3H3,(H,16,17,18). The summed E-state index contributed by atoms with van der Waals surface area (Å²) in [5.74, 6) is 1.67. The molecule has 1 N–H and O–H groups in total. The van der Waals surface area contributed by atoms with Crippen molar-refractivity contribution >= 4 is 11.8 Å². The number of likely N-dealkylation sites (tertiary alicyclic amines) is 1. The minimum absolute atomic E-state index is 0.0486. The van der Waals surface area contributed by atoms with Crippen LogP contribution in [-0.2, 0) is 16.1 Å². The quantitative estimate of drug-likeness (QED) is 0.832. The van der Waals surface area contributed by atoms with Gasteiger partial charge < -0.3 is 10.1 Å². The fraction of sp³-hybridized carbons (Fsp3) is 0.667. The molecular formula is C15H24N4O2. The minimum Gasteiger partial charge on any atom is -0.466 e. The molecule has 0 aliphatic carbocycles. The number of hydrogen-bond donors (Lipinski definition) is 1. The van der Waals surface area contributed by atoms with Gasteiger partial charge in [-0.3, -0.25) is 9.69 Å². The van der Waals surface area contributed by atoms with E-state index in [1.807, 2.05) is 27.0 Å². The molecule has 1 aliphatic heterocycles. The summed E-state index contributed by atoms with van der Waals surface area (Å²) in [6.07, 6.45) is 1.70. The van der Waals surface area contributed by atoms with Gasteiger partial charge in [-0.15, -0.1) is 0 Å². The molecule has 21 heavy (non-hydrogen) atoms. The number of esters is 1. The van der Waals surface area contributed by atoms with Crippen molar-refractivity contribution in [3.05, 3.63) is 17.6 Å². The SMILES string of the molecule is CCOC(=O)C1CCN(Cc2nc(C)cc(NC)n2)CC1. The van der Waals surface area contributed by atoms with Crippen molar-refractivity contribution in [2.75, 3.05) is 32.1 Å². The fourth-order valence-corrected chi connectivity index (χ4v) is 2.62. The first-order valence-corrected chi connectivity index (χ1v) is 7.53. The zero-order valence-corrected chi connectivity index (χ0v) is 13.1. The number of anilines is 1. The van der Waals surface area contributed by atoms with Gasteiger partial charge in [0.1, 0.15) is 11.6 Å². The average Bonchev–Trinajstić information content (AvgIpc) is 2.47. The van der Waals surface area contributed by atoms with E-state index in [0.717, 1.165) is 49.8 Å². The molecule has 1 aliphatic rings. The molecule has 1 fully saturated rings. The molecule has 0 unspecified atom stereocenters. The molecule has 1 aromatic heterocycles. The van der Waals surface area contributed by atoms with Crippen LogP contribution in [0.3, 0.4) is 0 Å². The number of aromatic nitrogens is 2. The highest BCUT2D eigenvalue weighted by molar-refractivity contribution is 5.72. The van der Waals surface area contributed by atoms with Crippen molar-refractivity contribution in [1.82, 2.24) is 14.9 Å². The van der Waals surface area contributed by atoms with E-state index in [2.05, 4.69) is 20.2 Å². The van der Waals surface area contributed by atoms with Gasteiger partial charge in [0.25, 0.3) is 0 Å². The largest absolute Gasteiger partial charge is 0.466 e. The number of nitrogens with one attached hydrogen (secondary N) is 1. The molecule has 0 bridgehead atoms. The maximum atomic E-state index is 11.7. The van der Waals surface area contributed by atoms with Gasteiger partial charge in [0, 0.05) is 18.8 Å². The number of hydrogen-bond acceptors (Lipinski definition) is 6. The lowest BCUT2D eigenvalue weighted by molar-refractivity contribution is -0.149. The molecule has 1 saturated heterocycles. The molecular weight excluding hydrogens is 268 g/mol. The van der Waals surface area contributed by atoms with Crippen molar-refractivity contribution < 1.29 is 9.53 Å². The normalized spacial score (nSPS) is 16.7. The van der Waals surface area contributed by atoms with Crippen LogP contribution in [0.4, 0.5) is 5.82 Å². The summed E-state index contributed by atoms with van der Waals surface area (Å²) in [7, 11) is 1.86. The minimum atomic E-state index is -0.0542. The third-order valence-electron chi connectivity index (χ3n) is 3.73. The zero-order chi connectivity index (χ0) is 15.2. The molecule has 0 aromatic carbocycles. The topological polar surface area (TPSA) is 67.3 Å². The highest BCUT2D eigenvalue weighted by atomic mass is 16.5. The van der Waals surface area contributed by atoms with Crippen molar-refractivity contribution in [1.29, 1.82) is 0 Å². The summed E-state index contributed by atoms with van der Waals surface area (Å²) in [5, 5.41) is 3.05. The van der Waals surface area contributed by atoms with Gasteiger partial charge in [0.2, 0.25) is 0 Å². The Labute approximate surface area is 125 Å². The van der Waals surface area contributed by atoms with E-state index >= 15 is 0 Å². The van der Waals surface area contributed by atoms with Crippen LogP contribution in [0.1, 0.15) is 31.3 Å². The Morgan fingerprint density at radius 2 is 2.14 bits per heavy atom. The molecule has 6 heteroatoms. The lowest BCUT2D eigenvalue weighted by Gasteiger charge is -2.30. The number of piperidine rings is 1. The second-order valence-electron chi connectivity index (χ2n) is 5.36. The summed E-state index contributed by atoms with van der Waals surface area (Å²) in [5.41, 5.74) is 0.964. The molecule has 2 heterocycles. The Balaban J connectivity index is 1.89. The van der Waals surface area contributed by atoms with Crippen LogP contribution in [0, 0.1) is 12.8 Å². The summed E-state index contributed by atoms with van der Waals surface area (Å²) >= 11 is 0. The van der Waals surface area contributed by atoms with E-state index in [1.165, 1.54) is 0 Å². The van der Waals surface area contributed by atoms with Gasteiger partial charge >= 0.3 is 5.97 Å². The predicted octanol–water partition coefficient (Wildman–Crippen LogP) is 1.60. The van der Waals surface area contributed by atoms with Crippen LogP contribution in [-0.4, -0.2) is 47.6 Å². The maximum Gasteiger partial charge on any atom is 0.309 e. The number of carbonyl (C=O) groups is 1. The number of rotatable bonds is 5. The van der Waals surface area contributed by atoms with Crippen molar-refractivity contribution in [2.45, 2.75) is 33.2 Å². The van der Waals surface area contributed by atoms with Crippen LogP contribution in [0.2, 0.25) is 0 Å².